The average Bonchev–Trinajstić information content (AvgIpc) is 3.18. The van der Waals surface area contributed by atoms with E-state index in [-0.39, 0.29) is 11.9 Å². The van der Waals surface area contributed by atoms with Crippen LogP contribution in [0.15, 0.2) is 67.0 Å². The number of hydrogen-bond donors (Lipinski definition) is 2. The Morgan fingerprint density at radius 3 is 2.96 bits per heavy atom. The van der Waals surface area contributed by atoms with Gasteiger partial charge in [0.2, 0.25) is 0 Å². The highest BCUT2D eigenvalue weighted by Crippen LogP contribution is 2.31. The van der Waals surface area contributed by atoms with Crippen LogP contribution in [0.4, 0.5) is 0 Å². The lowest BCUT2D eigenvalue weighted by molar-refractivity contribution is 0.0925. The standard InChI is InChI=1S/C22H18N4O2/c27-22(26-17-9-11-28-20-6-2-1-5-16(17)20)14-7-8-18-19(12-14)25-21(24-18)15-4-3-10-23-13-15/h1-8,10,12-13,17H,9,11H2,(H,24,25)(H,26,27)/t17-/m1/s1. The van der Waals surface area contributed by atoms with Crippen LogP contribution in [0, 0.1) is 0 Å². The van der Waals surface area contributed by atoms with Gasteiger partial charge in [0, 0.05) is 35.5 Å². The van der Waals surface area contributed by atoms with E-state index in [1.165, 1.54) is 0 Å². The second-order valence-electron chi connectivity index (χ2n) is 6.76. The SMILES string of the molecule is O=C(N[C@@H]1CCOc2ccccc21)c1ccc2nc(-c3cccnc3)[nH]c2c1. The maximum atomic E-state index is 12.8. The molecule has 2 N–H and O–H groups in total. The summed E-state index contributed by atoms with van der Waals surface area (Å²) in [6.45, 7) is 0.593. The highest BCUT2D eigenvalue weighted by atomic mass is 16.5. The number of hydrogen-bond acceptors (Lipinski definition) is 4. The summed E-state index contributed by atoms with van der Waals surface area (Å²) in [6, 6.07) is 17.1. The third kappa shape index (κ3) is 2.99. The number of rotatable bonds is 3. The first-order valence-electron chi connectivity index (χ1n) is 9.21. The van der Waals surface area contributed by atoms with E-state index in [0.29, 0.717) is 12.2 Å². The fourth-order valence-corrected chi connectivity index (χ4v) is 3.52. The number of carbonyl (C=O) groups excluding carboxylic acids is 1. The molecule has 2 aromatic heterocycles. The number of amides is 1. The third-order valence-corrected chi connectivity index (χ3v) is 4.94. The summed E-state index contributed by atoms with van der Waals surface area (Å²) < 4.78 is 5.67. The quantitative estimate of drug-likeness (QED) is 0.574. The molecule has 6 nitrogen and oxygen atoms in total. The molecule has 0 bridgehead atoms. The Bertz CT molecular complexity index is 1150. The first-order valence-corrected chi connectivity index (χ1v) is 9.21. The number of carbonyl (C=O) groups is 1. The topological polar surface area (TPSA) is 79.9 Å². The lowest BCUT2D eigenvalue weighted by Gasteiger charge is -2.26. The number of pyridine rings is 1. The smallest absolute Gasteiger partial charge is 0.251 e. The van der Waals surface area contributed by atoms with Gasteiger partial charge >= 0.3 is 0 Å². The molecule has 0 radical (unpaired) electrons. The minimum absolute atomic E-state index is 0.0548. The predicted molar refractivity (Wildman–Crippen MR) is 106 cm³/mol. The molecule has 28 heavy (non-hydrogen) atoms. The van der Waals surface area contributed by atoms with Crippen LogP contribution in [0.1, 0.15) is 28.4 Å². The largest absolute Gasteiger partial charge is 0.493 e. The number of H-pyrrole nitrogens is 1. The minimum Gasteiger partial charge on any atom is -0.493 e. The van der Waals surface area contributed by atoms with E-state index in [0.717, 1.165) is 40.2 Å². The fraction of sp³-hybridized carbons (Fsp3) is 0.136. The average molecular weight is 370 g/mol. The molecule has 0 fully saturated rings. The van der Waals surface area contributed by atoms with Gasteiger partial charge in [0.15, 0.2) is 0 Å². The van der Waals surface area contributed by atoms with Gasteiger partial charge in [0.25, 0.3) is 5.91 Å². The van der Waals surface area contributed by atoms with Crippen molar-refractivity contribution in [3.63, 3.8) is 0 Å². The molecule has 1 aliphatic heterocycles. The molecule has 0 aliphatic carbocycles. The monoisotopic (exact) mass is 370 g/mol. The van der Waals surface area contributed by atoms with Crippen molar-refractivity contribution in [2.45, 2.75) is 12.5 Å². The molecular weight excluding hydrogens is 352 g/mol. The number of para-hydroxylation sites is 1. The molecule has 0 unspecified atom stereocenters. The highest BCUT2D eigenvalue weighted by Gasteiger charge is 2.23. The van der Waals surface area contributed by atoms with Crippen LogP contribution in [-0.2, 0) is 0 Å². The van der Waals surface area contributed by atoms with E-state index in [4.69, 9.17) is 4.74 Å². The van der Waals surface area contributed by atoms with Gasteiger partial charge in [0.1, 0.15) is 11.6 Å². The Balaban J connectivity index is 1.41. The number of nitrogens with one attached hydrogen (secondary N) is 2. The van der Waals surface area contributed by atoms with Crippen LogP contribution in [-0.4, -0.2) is 27.5 Å². The molecule has 2 aromatic carbocycles. The van der Waals surface area contributed by atoms with Crippen LogP contribution in [0.2, 0.25) is 0 Å². The van der Waals surface area contributed by atoms with E-state index < -0.39 is 0 Å². The third-order valence-electron chi connectivity index (χ3n) is 4.94. The molecule has 0 saturated carbocycles. The van der Waals surface area contributed by atoms with Crippen molar-refractivity contribution < 1.29 is 9.53 Å². The Morgan fingerprint density at radius 2 is 2.07 bits per heavy atom. The fourth-order valence-electron chi connectivity index (χ4n) is 3.52. The molecule has 0 saturated heterocycles. The maximum absolute atomic E-state index is 12.8. The number of ether oxygens (including phenoxy) is 1. The summed E-state index contributed by atoms with van der Waals surface area (Å²) >= 11 is 0. The van der Waals surface area contributed by atoms with E-state index in [9.17, 15) is 4.79 Å². The summed E-state index contributed by atoms with van der Waals surface area (Å²) in [5.41, 5.74) is 4.15. The van der Waals surface area contributed by atoms with Gasteiger partial charge in [-0.05, 0) is 36.4 Å². The van der Waals surface area contributed by atoms with E-state index in [2.05, 4.69) is 20.3 Å². The first-order chi connectivity index (χ1) is 13.8. The second-order valence-corrected chi connectivity index (χ2v) is 6.76. The molecule has 0 spiro atoms. The molecular formula is C22H18N4O2. The summed E-state index contributed by atoms with van der Waals surface area (Å²) in [4.78, 5) is 24.8. The predicted octanol–water partition coefficient (Wildman–Crippen LogP) is 3.88. The zero-order chi connectivity index (χ0) is 18.9. The van der Waals surface area contributed by atoms with Gasteiger partial charge in [0.05, 0.1) is 23.7 Å². The molecule has 3 heterocycles. The van der Waals surface area contributed by atoms with Gasteiger partial charge < -0.3 is 15.0 Å². The number of aromatic amines is 1. The van der Waals surface area contributed by atoms with Gasteiger partial charge in [-0.3, -0.25) is 9.78 Å². The van der Waals surface area contributed by atoms with Gasteiger partial charge in [-0.2, -0.15) is 0 Å². The van der Waals surface area contributed by atoms with Crippen molar-refractivity contribution in [3.05, 3.63) is 78.1 Å². The molecule has 138 valence electrons. The molecule has 6 heteroatoms. The molecule has 1 aliphatic rings. The zero-order valence-corrected chi connectivity index (χ0v) is 15.1. The van der Waals surface area contributed by atoms with Crippen molar-refractivity contribution >= 4 is 16.9 Å². The molecule has 4 aromatic rings. The Morgan fingerprint density at radius 1 is 1.14 bits per heavy atom. The molecule has 1 amide bonds. The lowest BCUT2D eigenvalue weighted by atomic mass is 10.00. The van der Waals surface area contributed by atoms with E-state index in [1.54, 1.807) is 18.5 Å². The lowest BCUT2D eigenvalue weighted by Crippen LogP contribution is -2.32. The van der Waals surface area contributed by atoms with Crippen LogP contribution in [0.25, 0.3) is 22.4 Å². The van der Waals surface area contributed by atoms with Crippen LogP contribution >= 0.6 is 0 Å². The number of nitrogens with zero attached hydrogens (tertiary/aromatic N) is 2. The van der Waals surface area contributed by atoms with Crippen molar-refractivity contribution in [3.8, 4) is 17.1 Å². The van der Waals surface area contributed by atoms with Crippen LogP contribution < -0.4 is 10.1 Å². The number of benzene rings is 2. The number of imidazole rings is 1. The second kappa shape index (κ2) is 6.81. The van der Waals surface area contributed by atoms with Crippen LogP contribution in [0.3, 0.4) is 0 Å². The summed E-state index contributed by atoms with van der Waals surface area (Å²) in [5.74, 6) is 1.46. The molecule has 5 rings (SSSR count). The normalized spacial score (nSPS) is 15.6. The van der Waals surface area contributed by atoms with Crippen molar-refractivity contribution in [1.82, 2.24) is 20.3 Å². The van der Waals surface area contributed by atoms with Crippen LogP contribution in [0.5, 0.6) is 5.75 Å². The zero-order valence-electron chi connectivity index (χ0n) is 15.1. The molecule has 1 atom stereocenters. The summed E-state index contributed by atoms with van der Waals surface area (Å²) in [5, 5.41) is 3.13. The summed E-state index contributed by atoms with van der Waals surface area (Å²) in [7, 11) is 0. The van der Waals surface area contributed by atoms with Crippen molar-refractivity contribution in [2.24, 2.45) is 0 Å². The van der Waals surface area contributed by atoms with Gasteiger partial charge in [-0.15, -0.1) is 0 Å². The van der Waals surface area contributed by atoms with Crippen molar-refractivity contribution in [1.29, 1.82) is 0 Å². The number of aromatic nitrogens is 3. The summed E-state index contributed by atoms with van der Waals surface area (Å²) in [6.07, 6.45) is 4.23. The van der Waals surface area contributed by atoms with E-state index >= 15 is 0 Å². The minimum atomic E-state index is -0.110. The Hall–Kier alpha value is -3.67. The van der Waals surface area contributed by atoms with Crippen molar-refractivity contribution in [2.75, 3.05) is 6.61 Å². The maximum Gasteiger partial charge on any atom is 0.251 e. The first kappa shape index (κ1) is 16.5. The number of fused-ring (bicyclic) bond motifs is 2. The van der Waals surface area contributed by atoms with E-state index in [1.807, 2.05) is 48.5 Å². The highest BCUT2D eigenvalue weighted by molar-refractivity contribution is 5.98. The Labute approximate surface area is 161 Å². The van der Waals surface area contributed by atoms with Gasteiger partial charge in [-0.1, -0.05) is 18.2 Å². The Kier molecular flexibility index (Phi) is 4.01. The van der Waals surface area contributed by atoms with Gasteiger partial charge in [-0.25, -0.2) is 4.98 Å².